The molecule has 2 N–H and O–H groups in total. The molecule has 0 unspecified atom stereocenters. The van der Waals surface area contributed by atoms with Crippen LogP contribution in [0.3, 0.4) is 0 Å². The summed E-state index contributed by atoms with van der Waals surface area (Å²) in [6, 6.07) is 8.62. The normalized spacial score (nSPS) is 14.4. The molecule has 0 saturated heterocycles. The maximum Gasteiger partial charge on any atom is 0.234 e. The topological polar surface area (TPSA) is 50.4 Å². The largest absolute Gasteiger partial charge is 0.377 e. The quantitative estimate of drug-likeness (QED) is 0.748. The number of amides is 1. The lowest BCUT2D eigenvalue weighted by molar-refractivity contribution is -0.120. The van der Waals surface area contributed by atoms with E-state index >= 15 is 0 Å². The van der Waals surface area contributed by atoms with Crippen molar-refractivity contribution >= 4 is 5.91 Å². The van der Waals surface area contributed by atoms with Crippen LogP contribution in [-0.2, 0) is 22.7 Å². The van der Waals surface area contributed by atoms with E-state index in [2.05, 4.69) is 10.6 Å². The Kier molecular flexibility index (Phi) is 5.36. The molecule has 4 nitrogen and oxygen atoms in total. The predicted molar refractivity (Wildman–Crippen MR) is 74.6 cm³/mol. The molecule has 0 aromatic heterocycles. The maximum absolute atomic E-state index is 11.7. The molecule has 0 bridgehead atoms. The summed E-state index contributed by atoms with van der Waals surface area (Å²) in [5.74, 6) is 0.0538. The van der Waals surface area contributed by atoms with Gasteiger partial charge in [-0.05, 0) is 30.9 Å². The highest BCUT2D eigenvalue weighted by molar-refractivity contribution is 5.78. The van der Waals surface area contributed by atoms with Crippen LogP contribution >= 0.6 is 0 Å². The summed E-state index contributed by atoms with van der Waals surface area (Å²) >= 11 is 0. The molecule has 0 spiro atoms. The molecule has 2 rings (SSSR count). The van der Waals surface area contributed by atoms with Crippen molar-refractivity contribution in [3.05, 3.63) is 35.4 Å². The second-order valence-corrected chi connectivity index (χ2v) is 4.84. The molecule has 0 aliphatic heterocycles. The van der Waals surface area contributed by atoms with Crippen molar-refractivity contribution in [1.82, 2.24) is 10.6 Å². The SMILES string of the molecule is CCOCc1ccccc1CNC(=O)CNC1CC1. The van der Waals surface area contributed by atoms with Crippen molar-refractivity contribution in [1.29, 1.82) is 0 Å². The van der Waals surface area contributed by atoms with Crippen LogP contribution in [0.2, 0.25) is 0 Å². The third-order valence-corrected chi connectivity index (χ3v) is 3.18. The summed E-state index contributed by atoms with van der Waals surface area (Å²) in [6.45, 7) is 4.26. The summed E-state index contributed by atoms with van der Waals surface area (Å²) in [5, 5.41) is 6.15. The Morgan fingerprint density at radius 2 is 2.05 bits per heavy atom. The Morgan fingerprint density at radius 1 is 1.32 bits per heavy atom. The zero-order valence-electron chi connectivity index (χ0n) is 11.4. The van der Waals surface area contributed by atoms with Gasteiger partial charge in [0.25, 0.3) is 0 Å². The Balaban J connectivity index is 1.78. The van der Waals surface area contributed by atoms with Crippen molar-refractivity contribution in [2.75, 3.05) is 13.2 Å². The molecule has 1 fully saturated rings. The molecule has 1 aliphatic carbocycles. The Bertz CT molecular complexity index is 416. The second kappa shape index (κ2) is 7.26. The van der Waals surface area contributed by atoms with Crippen LogP contribution in [0.15, 0.2) is 24.3 Å². The third-order valence-electron chi connectivity index (χ3n) is 3.18. The highest BCUT2D eigenvalue weighted by Gasteiger charge is 2.20. The maximum atomic E-state index is 11.7. The zero-order valence-corrected chi connectivity index (χ0v) is 11.4. The van der Waals surface area contributed by atoms with Gasteiger partial charge in [0, 0.05) is 19.2 Å². The van der Waals surface area contributed by atoms with Gasteiger partial charge in [0.1, 0.15) is 0 Å². The molecule has 104 valence electrons. The molecule has 1 aromatic carbocycles. The number of benzene rings is 1. The van der Waals surface area contributed by atoms with E-state index < -0.39 is 0 Å². The average Bonchev–Trinajstić information content (AvgIpc) is 3.25. The summed E-state index contributed by atoms with van der Waals surface area (Å²) < 4.78 is 5.43. The van der Waals surface area contributed by atoms with Crippen molar-refractivity contribution in [3.8, 4) is 0 Å². The zero-order chi connectivity index (χ0) is 13.5. The third kappa shape index (κ3) is 5.01. The number of ether oxygens (including phenoxy) is 1. The first-order valence-electron chi connectivity index (χ1n) is 6.94. The fourth-order valence-corrected chi connectivity index (χ4v) is 1.86. The van der Waals surface area contributed by atoms with E-state index in [1.54, 1.807) is 0 Å². The molecule has 0 heterocycles. The van der Waals surface area contributed by atoms with E-state index in [0.29, 0.717) is 32.3 Å². The van der Waals surface area contributed by atoms with Crippen molar-refractivity contribution in [2.24, 2.45) is 0 Å². The summed E-state index contributed by atoms with van der Waals surface area (Å²) in [7, 11) is 0. The van der Waals surface area contributed by atoms with E-state index in [1.807, 2.05) is 31.2 Å². The number of carbonyl (C=O) groups is 1. The van der Waals surface area contributed by atoms with Crippen molar-refractivity contribution in [2.45, 2.75) is 39.0 Å². The van der Waals surface area contributed by atoms with Crippen LogP contribution in [0.4, 0.5) is 0 Å². The number of hydrogen-bond donors (Lipinski definition) is 2. The lowest BCUT2D eigenvalue weighted by Gasteiger charge is -2.11. The van der Waals surface area contributed by atoms with Gasteiger partial charge in [-0.1, -0.05) is 24.3 Å². The molecular weight excluding hydrogens is 240 g/mol. The Morgan fingerprint density at radius 3 is 2.74 bits per heavy atom. The molecule has 19 heavy (non-hydrogen) atoms. The van der Waals surface area contributed by atoms with Gasteiger partial charge in [0.15, 0.2) is 0 Å². The predicted octanol–water partition coefficient (Wildman–Crippen LogP) is 1.59. The lowest BCUT2D eigenvalue weighted by Crippen LogP contribution is -2.34. The molecule has 1 saturated carbocycles. The van der Waals surface area contributed by atoms with Gasteiger partial charge < -0.3 is 15.4 Å². The summed E-state index contributed by atoms with van der Waals surface area (Å²) in [6.07, 6.45) is 2.40. The van der Waals surface area contributed by atoms with E-state index in [4.69, 9.17) is 4.74 Å². The first-order valence-corrected chi connectivity index (χ1v) is 6.94. The number of hydrogen-bond acceptors (Lipinski definition) is 3. The van der Waals surface area contributed by atoms with Crippen LogP contribution in [0, 0.1) is 0 Å². The van der Waals surface area contributed by atoms with Crippen molar-refractivity contribution in [3.63, 3.8) is 0 Å². The molecule has 1 amide bonds. The molecule has 1 aliphatic rings. The summed E-state index contributed by atoms with van der Waals surface area (Å²) in [5.41, 5.74) is 2.26. The standard InChI is InChI=1S/C15H22N2O2/c1-2-19-11-13-6-4-3-5-12(13)9-17-15(18)10-16-14-7-8-14/h3-6,14,16H,2,7-11H2,1H3,(H,17,18). The average molecular weight is 262 g/mol. The Hall–Kier alpha value is -1.39. The minimum Gasteiger partial charge on any atom is -0.377 e. The van der Waals surface area contributed by atoms with Gasteiger partial charge in [-0.15, -0.1) is 0 Å². The van der Waals surface area contributed by atoms with Gasteiger partial charge >= 0.3 is 0 Å². The minimum atomic E-state index is 0.0538. The monoisotopic (exact) mass is 262 g/mol. The highest BCUT2D eigenvalue weighted by atomic mass is 16.5. The van der Waals surface area contributed by atoms with E-state index in [1.165, 1.54) is 12.8 Å². The number of rotatable bonds is 8. The first kappa shape index (κ1) is 14.0. The lowest BCUT2D eigenvalue weighted by atomic mass is 10.1. The molecule has 0 atom stereocenters. The van der Waals surface area contributed by atoms with E-state index in [9.17, 15) is 4.79 Å². The smallest absolute Gasteiger partial charge is 0.234 e. The fourth-order valence-electron chi connectivity index (χ4n) is 1.86. The van der Waals surface area contributed by atoms with Gasteiger partial charge in [-0.2, -0.15) is 0 Å². The van der Waals surface area contributed by atoms with E-state index in [0.717, 1.165) is 11.1 Å². The van der Waals surface area contributed by atoms with Gasteiger partial charge in [0.05, 0.1) is 13.2 Å². The van der Waals surface area contributed by atoms with Gasteiger partial charge in [0.2, 0.25) is 5.91 Å². The van der Waals surface area contributed by atoms with Crippen LogP contribution in [-0.4, -0.2) is 25.1 Å². The van der Waals surface area contributed by atoms with Crippen LogP contribution in [0.25, 0.3) is 0 Å². The number of carbonyl (C=O) groups excluding carboxylic acids is 1. The molecule has 0 radical (unpaired) electrons. The first-order chi connectivity index (χ1) is 9.29. The summed E-state index contributed by atoms with van der Waals surface area (Å²) in [4.78, 5) is 11.7. The van der Waals surface area contributed by atoms with Crippen LogP contribution in [0.1, 0.15) is 30.9 Å². The molecular formula is C15H22N2O2. The highest BCUT2D eigenvalue weighted by Crippen LogP contribution is 2.17. The van der Waals surface area contributed by atoms with Crippen molar-refractivity contribution < 1.29 is 9.53 Å². The second-order valence-electron chi connectivity index (χ2n) is 4.84. The minimum absolute atomic E-state index is 0.0538. The van der Waals surface area contributed by atoms with Crippen LogP contribution in [0.5, 0.6) is 0 Å². The molecule has 1 aromatic rings. The van der Waals surface area contributed by atoms with E-state index in [-0.39, 0.29) is 5.91 Å². The number of nitrogens with one attached hydrogen (secondary N) is 2. The Labute approximate surface area is 114 Å². The molecule has 4 heteroatoms. The fraction of sp³-hybridized carbons (Fsp3) is 0.533. The van der Waals surface area contributed by atoms with Gasteiger partial charge in [-0.25, -0.2) is 0 Å². The van der Waals surface area contributed by atoms with Gasteiger partial charge in [-0.3, -0.25) is 4.79 Å². The van der Waals surface area contributed by atoms with Crippen LogP contribution < -0.4 is 10.6 Å².